The monoisotopic (exact) mass is 250 g/mol. The number of carbonyl (C=O) groups is 1. The van der Waals surface area contributed by atoms with Crippen molar-refractivity contribution in [2.45, 2.75) is 57.4 Å². The molecule has 3 nitrogen and oxygen atoms in total. The Morgan fingerprint density at radius 2 is 1.83 bits per heavy atom. The molecule has 2 saturated carbocycles. The number of carbonyl (C=O) groups excluding carboxylic acids is 1. The zero-order chi connectivity index (χ0) is 12.4. The summed E-state index contributed by atoms with van der Waals surface area (Å²) < 4.78 is 0. The summed E-state index contributed by atoms with van der Waals surface area (Å²) in [6.45, 7) is 2.62. The second-order valence-electron chi connectivity index (χ2n) is 6.42. The maximum Gasteiger partial charge on any atom is 0.236 e. The van der Waals surface area contributed by atoms with Gasteiger partial charge in [-0.2, -0.15) is 0 Å². The maximum atomic E-state index is 12.3. The number of hydrogen-bond donors (Lipinski definition) is 1. The van der Waals surface area contributed by atoms with Gasteiger partial charge in [0.1, 0.15) is 0 Å². The van der Waals surface area contributed by atoms with Crippen molar-refractivity contribution in [2.24, 2.45) is 11.8 Å². The van der Waals surface area contributed by atoms with Gasteiger partial charge in [0, 0.05) is 12.6 Å². The highest BCUT2D eigenvalue weighted by Crippen LogP contribution is 2.35. The second kappa shape index (κ2) is 5.60. The number of nitrogens with zero attached hydrogens (tertiary/aromatic N) is 1. The van der Waals surface area contributed by atoms with Crippen LogP contribution >= 0.6 is 0 Å². The van der Waals surface area contributed by atoms with E-state index >= 15 is 0 Å². The van der Waals surface area contributed by atoms with Crippen LogP contribution in [0.25, 0.3) is 0 Å². The van der Waals surface area contributed by atoms with E-state index in [0.717, 1.165) is 24.9 Å². The van der Waals surface area contributed by atoms with Gasteiger partial charge in [-0.05, 0) is 56.9 Å². The third-order valence-electron chi connectivity index (χ3n) is 4.97. The van der Waals surface area contributed by atoms with Crippen LogP contribution in [0, 0.1) is 11.8 Å². The summed E-state index contributed by atoms with van der Waals surface area (Å²) in [4.78, 5) is 14.5. The van der Waals surface area contributed by atoms with Gasteiger partial charge < -0.3 is 10.2 Å². The molecule has 3 fully saturated rings. The lowest BCUT2D eigenvalue weighted by atomic mass is 9.78. The van der Waals surface area contributed by atoms with Crippen molar-refractivity contribution in [2.75, 3.05) is 19.6 Å². The fourth-order valence-electron chi connectivity index (χ4n) is 3.74. The number of nitrogens with one attached hydrogen (secondary N) is 1. The highest BCUT2D eigenvalue weighted by Gasteiger charge is 2.35. The first-order valence-corrected chi connectivity index (χ1v) is 7.85. The predicted octanol–water partition coefficient (Wildman–Crippen LogP) is 2.17. The first-order chi connectivity index (χ1) is 8.84. The lowest BCUT2D eigenvalue weighted by Crippen LogP contribution is -2.52. The van der Waals surface area contributed by atoms with Crippen LogP contribution < -0.4 is 5.32 Å². The van der Waals surface area contributed by atoms with Gasteiger partial charge in [0.25, 0.3) is 0 Å². The van der Waals surface area contributed by atoms with Gasteiger partial charge in [0.15, 0.2) is 0 Å². The molecule has 0 aromatic carbocycles. The van der Waals surface area contributed by atoms with E-state index in [1.54, 1.807) is 0 Å². The minimum Gasteiger partial charge on any atom is -0.338 e. The molecule has 3 rings (SSSR count). The molecule has 18 heavy (non-hydrogen) atoms. The van der Waals surface area contributed by atoms with Gasteiger partial charge in [-0.25, -0.2) is 0 Å². The molecule has 3 aliphatic rings. The Hall–Kier alpha value is -0.570. The van der Waals surface area contributed by atoms with Crippen LogP contribution in [0.5, 0.6) is 0 Å². The number of amides is 1. The quantitative estimate of drug-likeness (QED) is 0.829. The number of fused-ring (bicyclic) bond motifs is 1. The molecule has 0 unspecified atom stereocenters. The SMILES string of the molecule is O=C(CNCC1CC1)N1CCC[C@H]2CCCC[C@H]21. The van der Waals surface area contributed by atoms with Crippen molar-refractivity contribution in [3.05, 3.63) is 0 Å². The zero-order valence-electron chi connectivity index (χ0n) is 11.4. The second-order valence-corrected chi connectivity index (χ2v) is 6.42. The van der Waals surface area contributed by atoms with E-state index < -0.39 is 0 Å². The number of likely N-dealkylation sites (tertiary alicyclic amines) is 1. The summed E-state index contributed by atoms with van der Waals surface area (Å²) in [5.74, 6) is 2.02. The molecule has 1 aliphatic heterocycles. The predicted molar refractivity (Wildman–Crippen MR) is 72.3 cm³/mol. The molecule has 1 N–H and O–H groups in total. The molecule has 1 heterocycles. The van der Waals surface area contributed by atoms with Crippen molar-refractivity contribution in [3.63, 3.8) is 0 Å². The van der Waals surface area contributed by atoms with Crippen LogP contribution in [0.15, 0.2) is 0 Å². The van der Waals surface area contributed by atoms with Crippen LogP contribution in [0.2, 0.25) is 0 Å². The van der Waals surface area contributed by atoms with Gasteiger partial charge in [-0.1, -0.05) is 12.8 Å². The van der Waals surface area contributed by atoms with E-state index in [-0.39, 0.29) is 0 Å². The van der Waals surface area contributed by atoms with Crippen LogP contribution in [0.3, 0.4) is 0 Å². The van der Waals surface area contributed by atoms with Crippen molar-refractivity contribution < 1.29 is 4.79 Å². The normalized spacial score (nSPS) is 32.1. The molecule has 2 aliphatic carbocycles. The third kappa shape index (κ3) is 2.87. The average molecular weight is 250 g/mol. The van der Waals surface area contributed by atoms with Crippen LogP contribution in [-0.4, -0.2) is 36.5 Å². The fourth-order valence-corrected chi connectivity index (χ4v) is 3.74. The van der Waals surface area contributed by atoms with Crippen LogP contribution in [0.1, 0.15) is 51.4 Å². The molecule has 0 radical (unpaired) electrons. The Labute approximate surface area is 110 Å². The molecule has 1 saturated heterocycles. The Kier molecular flexibility index (Phi) is 3.88. The minimum absolute atomic E-state index is 0.354. The molecule has 3 heteroatoms. The summed E-state index contributed by atoms with van der Waals surface area (Å²) in [5, 5.41) is 3.35. The molecule has 2 atom stereocenters. The number of rotatable bonds is 4. The number of hydrogen-bond acceptors (Lipinski definition) is 2. The summed E-state index contributed by atoms with van der Waals surface area (Å²) in [6, 6.07) is 0.572. The van der Waals surface area contributed by atoms with Crippen LogP contribution in [-0.2, 0) is 4.79 Å². The highest BCUT2D eigenvalue weighted by atomic mass is 16.2. The average Bonchev–Trinajstić information content (AvgIpc) is 3.22. The van der Waals surface area contributed by atoms with Gasteiger partial charge in [-0.3, -0.25) is 4.79 Å². The first-order valence-electron chi connectivity index (χ1n) is 7.85. The smallest absolute Gasteiger partial charge is 0.236 e. The van der Waals surface area contributed by atoms with E-state index in [1.807, 2.05) is 0 Å². The van der Waals surface area contributed by atoms with Crippen molar-refractivity contribution in [3.8, 4) is 0 Å². The Morgan fingerprint density at radius 1 is 1.06 bits per heavy atom. The van der Waals surface area contributed by atoms with E-state index in [2.05, 4.69) is 10.2 Å². The standard InChI is InChI=1S/C15H26N2O/c18-15(11-16-10-12-7-8-12)17-9-3-5-13-4-1-2-6-14(13)17/h12-14,16H,1-11H2/t13-,14-/m1/s1. The molecule has 0 spiro atoms. The summed E-state index contributed by atoms with van der Waals surface area (Å²) >= 11 is 0. The van der Waals surface area contributed by atoms with Gasteiger partial charge in [0.2, 0.25) is 5.91 Å². The van der Waals surface area contributed by atoms with E-state index in [0.29, 0.717) is 18.5 Å². The van der Waals surface area contributed by atoms with Gasteiger partial charge in [-0.15, -0.1) is 0 Å². The maximum absolute atomic E-state index is 12.3. The van der Waals surface area contributed by atoms with Gasteiger partial charge in [0.05, 0.1) is 6.54 Å². The Bertz CT molecular complexity index is 299. The third-order valence-corrected chi connectivity index (χ3v) is 4.97. The largest absolute Gasteiger partial charge is 0.338 e. The summed E-state index contributed by atoms with van der Waals surface area (Å²) in [7, 11) is 0. The lowest BCUT2D eigenvalue weighted by Gasteiger charge is -2.44. The molecule has 1 amide bonds. The molecule has 0 aromatic heterocycles. The Morgan fingerprint density at radius 3 is 2.67 bits per heavy atom. The Balaban J connectivity index is 1.50. The molecular formula is C15H26N2O. The summed E-state index contributed by atoms with van der Waals surface area (Å²) in [5.41, 5.74) is 0. The zero-order valence-corrected chi connectivity index (χ0v) is 11.4. The molecular weight excluding hydrogens is 224 g/mol. The van der Waals surface area contributed by atoms with Crippen molar-refractivity contribution in [1.29, 1.82) is 0 Å². The summed E-state index contributed by atoms with van der Waals surface area (Å²) in [6.07, 6.45) is 10.6. The fraction of sp³-hybridized carbons (Fsp3) is 0.933. The lowest BCUT2D eigenvalue weighted by molar-refractivity contribution is -0.136. The van der Waals surface area contributed by atoms with Crippen molar-refractivity contribution >= 4 is 5.91 Å². The minimum atomic E-state index is 0.354. The first kappa shape index (κ1) is 12.5. The van der Waals surface area contributed by atoms with E-state index in [1.165, 1.54) is 51.4 Å². The van der Waals surface area contributed by atoms with E-state index in [4.69, 9.17) is 0 Å². The van der Waals surface area contributed by atoms with Crippen LogP contribution in [0.4, 0.5) is 0 Å². The van der Waals surface area contributed by atoms with E-state index in [9.17, 15) is 4.79 Å². The molecule has 0 aromatic rings. The molecule has 102 valence electrons. The number of piperidine rings is 1. The van der Waals surface area contributed by atoms with Crippen molar-refractivity contribution in [1.82, 2.24) is 10.2 Å². The molecule has 0 bridgehead atoms. The topological polar surface area (TPSA) is 32.3 Å². The highest BCUT2D eigenvalue weighted by molar-refractivity contribution is 5.78. The van der Waals surface area contributed by atoms with Gasteiger partial charge >= 0.3 is 0 Å².